The molecule has 1 aliphatic rings. The van der Waals surface area contributed by atoms with E-state index < -0.39 is 10.0 Å². The molecule has 8 heteroatoms. The fourth-order valence-electron chi connectivity index (χ4n) is 3.40. The highest BCUT2D eigenvalue weighted by molar-refractivity contribution is 7.92. The number of carbonyl (C=O) groups is 1. The second-order valence-corrected chi connectivity index (χ2v) is 8.89. The third-order valence-electron chi connectivity index (χ3n) is 5.04. The predicted molar refractivity (Wildman–Crippen MR) is 113 cm³/mol. The summed E-state index contributed by atoms with van der Waals surface area (Å²) in [5, 5.41) is 9.08. The van der Waals surface area contributed by atoms with E-state index in [1.54, 1.807) is 11.0 Å². The molecule has 7 nitrogen and oxygen atoms in total. The Hall–Kier alpha value is -2.97. The van der Waals surface area contributed by atoms with E-state index in [1.165, 1.54) is 9.71 Å². The van der Waals surface area contributed by atoms with Gasteiger partial charge in [0.2, 0.25) is 10.0 Å². The normalized spacial score (nSPS) is 16.0. The van der Waals surface area contributed by atoms with Gasteiger partial charge in [-0.3, -0.25) is 9.89 Å². The van der Waals surface area contributed by atoms with Crippen LogP contribution >= 0.6 is 0 Å². The number of piperazine rings is 1. The second-order valence-electron chi connectivity index (χ2n) is 7.07. The number of carbonyl (C=O) groups excluding carboxylic acids is 1. The van der Waals surface area contributed by atoms with Gasteiger partial charge in [0.05, 0.1) is 5.52 Å². The van der Waals surface area contributed by atoms with Gasteiger partial charge >= 0.3 is 0 Å². The molecule has 0 aliphatic carbocycles. The van der Waals surface area contributed by atoms with Crippen molar-refractivity contribution in [3.8, 4) is 0 Å². The lowest BCUT2D eigenvalue weighted by Crippen LogP contribution is -2.50. The summed E-state index contributed by atoms with van der Waals surface area (Å²) in [4.78, 5) is 14.6. The van der Waals surface area contributed by atoms with E-state index in [-0.39, 0.29) is 19.0 Å². The number of fused-ring (bicyclic) bond motifs is 1. The molecular weight excluding hydrogens is 388 g/mol. The highest BCUT2D eigenvalue weighted by Crippen LogP contribution is 2.20. The average molecular weight is 410 g/mol. The summed E-state index contributed by atoms with van der Waals surface area (Å²) in [5.74, 6) is -0.182. The summed E-state index contributed by atoms with van der Waals surface area (Å²) in [6.45, 7) is 3.14. The minimum Gasteiger partial charge on any atom is -0.335 e. The van der Waals surface area contributed by atoms with Crippen molar-refractivity contribution in [3.63, 3.8) is 0 Å². The molecule has 1 aromatic heterocycles. The molecule has 4 rings (SSSR count). The molecule has 0 bridgehead atoms. The molecule has 3 aromatic rings. The van der Waals surface area contributed by atoms with E-state index in [9.17, 15) is 13.2 Å². The SMILES string of the molecule is Cc1ccc2[nH]nc(C(=O)N3CCN(S(=O)(=O)/C=C/c4ccccc4)CC3)c2c1. The zero-order valence-electron chi connectivity index (χ0n) is 16.1. The molecule has 29 heavy (non-hydrogen) atoms. The Morgan fingerprint density at radius 2 is 1.79 bits per heavy atom. The van der Waals surface area contributed by atoms with Gasteiger partial charge in [-0.15, -0.1) is 0 Å². The number of nitrogens with one attached hydrogen (secondary N) is 1. The van der Waals surface area contributed by atoms with Crippen LogP contribution < -0.4 is 0 Å². The fourth-order valence-corrected chi connectivity index (χ4v) is 4.57. The van der Waals surface area contributed by atoms with Crippen molar-refractivity contribution in [3.05, 3.63) is 70.8 Å². The van der Waals surface area contributed by atoms with Crippen LogP contribution in [0.5, 0.6) is 0 Å². The van der Waals surface area contributed by atoms with E-state index in [0.29, 0.717) is 18.8 Å². The van der Waals surface area contributed by atoms with Crippen molar-refractivity contribution in [1.29, 1.82) is 0 Å². The first kappa shape index (κ1) is 19.4. The summed E-state index contributed by atoms with van der Waals surface area (Å²) in [7, 11) is -3.53. The molecule has 0 spiro atoms. The molecule has 1 N–H and O–H groups in total. The first-order valence-electron chi connectivity index (χ1n) is 9.41. The van der Waals surface area contributed by atoms with E-state index in [4.69, 9.17) is 0 Å². The van der Waals surface area contributed by atoms with Crippen molar-refractivity contribution in [2.75, 3.05) is 26.2 Å². The molecule has 1 aliphatic heterocycles. The quantitative estimate of drug-likeness (QED) is 0.716. The number of hydrogen-bond acceptors (Lipinski definition) is 4. The number of aryl methyl sites for hydroxylation is 1. The summed E-state index contributed by atoms with van der Waals surface area (Å²) in [6, 6.07) is 15.1. The Kier molecular flexibility index (Phi) is 5.21. The summed E-state index contributed by atoms with van der Waals surface area (Å²) >= 11 is 0. The fraction of sp³-hybridized carbons (Fsp3) is 0.238. The highest BCUT2D eigenvalue weighted by atomic mass is 32.2. The average Bonchev–Trinajstić information content (AvgIpc) is 3.15. The van der Waals surface area contributed by atoms with Gasteiger partial charge in [-0.1, -0.05) is 42.0 Å². The molecule has 0 unspecified atom stereocenters. The minimum absolute atomic E-state index is 0.182. The van der Waals surface area contributed by atoms with Crippen molar-refractivity contribution in [2.45, 2.75) is 6.92 Å². The van der Waals surface area contributed by atoms with Crippen LogP contribution in [0.25, 0.3) is 17.0 Å². The van der Waals surface area contributed by atoms with Crippen LogP contribution in [0, 0.1) is 6.92 Å². The predicted octanol–water partition coefficient (Wildman–Crippen LogP) is 2.63. The summed E-state index contributed by atoms with van der Waals surface area (Å²) < 4.78 is 26.6. The van der Waals surface area contributed by atoms with Gasteiger partial charge in [-0.25, -0.2) is 8.42 Å². The van der Waals surface area contributed by atoms with E-state index in [1.807, 2.05) is 55.5 Å². The van der Waals surface area contributed by atoms with E-state index >= 15 is 0 Å². The number of rotatable bonds is 4. The number of benzene rings is 2. The van der Waals surface area contributed by atoms with Crippen molar-refractivity contribution >= 4 is 32.9 Å². The van der Waals surface area contributed by atoms with Gasteiger partial charge < -0.3 is 4.90 Å². The Labute approximate surface area is 169 Å². The molecule has 0 atom stereocenters. The number of aromatic nitrogens is 2. The van der Waals surface area contributed by atoms with Crippen LogP contribution in [0.4, 0.5) is 0 Å². The first-order chi connectivity index (χ1) is 13.9. The van der Waals surface area contributed by atoms with Gasteiger partial charge in [-0.05, 0) is 30.7 Å². The van der Waals surface area contributed by atoms with Crippen LogP contribution in [0.3, 0.4) is 0 Å². The van der Waals surface area contributed by atoms with Crippen LogP contribution in [-0.4, -0.2) is 59.9 Å². The lowest BCUT2D eigenvalue weighted by Gasteiger charge is -2.33. The largest absolute Gasteiger partial charge is 0.335 e. The number of aromatic amines is 1. The Bertz CT molecular complexity index is 1160. The summed E-state index contributed by atoms with van der Waals surface area (Å²) in [5.41, 5.74) is 3.06. The standard InChI is InChI=1S/C21H22N4O3S/c1-16-7-8-19-18(15-16)20(23-22-19)21(26)24-10-12-25(13-11-24)29(27,28)14-9-17-5-3-2-4-6-17/h2-9,14-15H,10-13H2,1H3,(H,22,23)/b14-9+. The lowest BCUT2D eigenvalue weighted by molar-refractivity contribution is 0.0694. The van der Waals surface area contributed by atoms with Crippen molar-refractivity contribution < 1.29 is 13.2 Å². The molecule has 1 fully saturated rings. The van der Waals surface area contributed by atoms with Gasteiger partial charge in [-0.2, -0.15) is 9.40 Å². The maximum absolute atomic E-state index is 12.9. The zero-order valence-corrected chi connectivity index (χ0v) is 16.9. The lowest BCUT2D eigenvalue weighted by atomic mass is 10.1. The Morgan fingerprint density at radius 1 is 1.07 bits per heavy atom. The van der Waals surface area contributed by atoms with Crippen LogP contribution in [-0.2, 0) is 10.0 Å². The molecule has 2 heterocycles. The molecule has 1 amide bonds. The molecule has 1 saturated heterocycles. The maximum Gasteiger partial charge on any atom is 0.275 e. The van der Waals surface area contributed by atoms with Gasteiger partial charge in [0, 0.05) is 37.0 Å². The Balaban J connectivity index is 1.44. The second kappa shape index (κ2) is 7.81. The molecule has 0 radical (unpaired) electrons. The van der Waals surface area contributed by atoms with Gasteiger partial charge in [0.1, 0.15) is 0 Å². The third kappa shape index (κ3) is 4.08. The van der Waals surface area contributed by atoms with E-state index in [2.05, 4.69) is 10.2 Å². The smallest absolute Gasteiger partial charge is 0.275 e. The highest BCUT2D eigenvalue weighted by Gasteiger charge is 2.29. The van der Waals surface area contributed by atoms with Gasteiger partial charge in [0.15, 0.2) is 5.69 Å². The van der Waals surface area contributed by atoms with Gasteiger partial charge in [0.25, 0.3) is 5.91 Å². The zero-order chi connectivity index (χ0) is 20.4. The summed E-state index contributed by atoms with van der Waals surface area (Å²) in [6.07, 6.45) is 1.59. The monoisotopic (exact) mass is 410 g/mol. The molecule has 150 valence electrons. The number of nitrogens with zero attached hydrogens (tertiary/aromatic N) is 3. The van der Waals surface area contributed by atoms with E-state index in [0.717, 1.165) is 22.0 Å². The number of hydrogen-bond donors (Lipinski definition) is 1. The Morgan fingerprint density at radius 3 is 2.52 bits per heavy atom. The minimum atomic E-state index is -3.53. The maximum atomic E-state index is 12.9. The third-order valence-corrected chi connectivity index (χ3v) is 6.60. The van der Waals surface area contributed by atoms with Crippen LogP contribution in [0.2, 0.25) is 0 Å². The van der Waals surface area contributed by atoms with Crippen LogP contribution in [0.1, 0.15) is 21.6 Å². The molecular formula is C21H22N4O3S. The van der Waals surface area contributed by atoms with Crippen molar-refractivity contribution in [2.24, 2.45) is 0 Å². The number of amides is 1. The van der Waals surface area contributed by atoms with Crippen molar-refractivity contribution in [1.82, 2.24) is 19.4 Å². The first-order valence-corrected chi connectivity index (χ1v) is 10.9. The van der Waals surface area contributed by atoms with Crippen LogP contribution in [0.15, 0.2) is 53.9 Å². The molecule has 2 aromatic carbocycles. The molecule has 0 saturated carbocycles. The topological polar surface area (TPSA) is 86.4 Å². The number of H-pyrrole nitrogens is 1. The number of sulfonamides is 1.